The molecule has 1 N–H and O–H groups in total. The van der Waals surface area contributed by atoms with Crippen molar-refractivity contribution in [1.82, 2.24) is 5.32 Å². The van der Waals surface area contributed by atoms with Crippen LogP contribution < -0.4 is 15.0 Å². The van der Waals surface area contributed by atoms with Crippen molar-refractivity contribution >= 4 is 46.6 Å². The van der Waals surface area contributed by atoms with Gasteiger partial charge >= 0.3 is 0 Å². The zero-order valence-electron chi connectivity index (χ0n) is 16.8. The predicted molar refractivity (Wildman–Crippen MR) is 124 cm³/mol. The standard InChI is InChI=1S/C23H17Cl2N3O4/c1-32-17-9-7-14(8-10-17)11-20-23(29)27(22(26-20)15-5-3-2-4-6-15)21-18(24)12-16(28(30)31)13-19(21)25/h2-13,22,26H,1H3/b20-11-. The molecule has 1 aliphatic heterocycles. The van der Waals surface area contributed by atoms with E-state index >= 15 is 0 Å². The second-order valence-electron chi connectivity index (χ2n) is 6.98. The summed E-state index contributed by atoms with van der Waals surface area (Å²) in [5.41, 5.74) is 1.85. The highest BCUT2D eigenvalue weighted by Gasteiger charge is 2.39. The van der Waals surface area contributed by atoms with Crippen LogP contribution in [0.1, 0.15) is 17.3 Å². The van der Waals surface area contributed by atoms with Crippen molar-refractivity contribution in [2.45, 2.75) is 6.17 Å². The van der Waals surface area contributed by atoms with E-state index in [4.69, 9.17) is 27.9 Å². The number of nitro groups is 1. The van der Waals surface area contributed by atoms with Crippen LogP contribution in [0.2, 0.25) is 10.0 Å². The first-order chi connectivity index (χ1) is 15.4. The molecule has 0 aromatic heterocycles. The fourth-order valence-electron chi connectivity index (χ4n) is 3.48. The monoisotopic (exact) mass is 469 g/mol. The molecule has 1 saturated heterocycles. The first kappa shape index (κ1) is 21.7. The molecule has 1 unspecified atom stereocenters. The third kappa shape index (κ3) is 4.12. The SMILES string of the molecule is COc1ccc(/C=C2\NC(c3ccccc3)N(c3c(Cl)cc([N+](=O)[O-])cc3Cl)C2=O)cc1. The van der Waals surface area contributed by atoms with Gasteiger partial charge in [0.25, 0.3) is 11.6 Å². The minimum absolute atomic E-state index is 0.00554. The van der Waals surface area contributed by atoms with E-state index in [-0.39, 0.29) is 27.3 Å². The number of non-ortho nitro benzene ring substituents is 1. The first-order valence-electron chi connectivity index (χ1n) is 9.53. The number of rotatable bonds is 5. The van der Waals surface area contributed by atoms with Gasteiger partial charge in [-0.15, -0.1) is 0 Å². The Morgan fingerprint density at radius 1 is 1.06 bits per heavy atom. The third-order valence-corrected chi connectivity index (χ3v) is 5.57. The molecule has 9 heteroatoms. The average molecular weight is 470 g/mol. The van der Waals surface area contributed by atoms with Crippen molar-refractivity contribution in [3.63, 3.8) is 0 Å². The number of nitro benzene ring substituents is 1. The molecule has 0 aliphatic carbocycles. The molecule has 0 bridgehead atoms. The van der Waals surface area contributed by atoms with Crippen molar-refractivity contribution in [3.8, 4) is 5.75 Å². The van der Waals surface area contributed by atoms with Gasteiger partial charge in [0, 0.05) is 12.1 Å². The second kappa shape index (κ2) is 8.90. The summed E-state index contributed by atoms with van der Waals surface area (Å²) in [6.07, 6.45) is 1.11. The van der Waals surface area contributed by atoms with E-state index in [2.05, 4.69) is 5.32 Å². The molecular formula is C23H17Cl2N3O4. The second-order valence-corrected chi connectivity index (χ2v) is 7.79. The number of hydrogen-bond donors (Lipinski definition) is 1. The minimum Gasteiger partial charge on any atom is -0.497 e. The number of benzene rings is 3. The molecule has 4 rings (SSSR count). The number of nitrogens with zero attached hydrogens (tertiary/aromatic N) is 2. The van der Waals surface area contributed by atoms with Crippen LogP contribution in [0.5, 0.6) is 5.75 Å². The van der Waals surface area contributed by atoms with Crippen LogP contribution in [-0.4, -0.2) is 17.9 Å². The van der Waals surface area contributed by atoms with E-state index in [1.807, 2.05) is 42.5 Å². The van der Waals surface area contributed by atoms with Crippen molar-refractivity contribution < 1.29 is 14.5 Å². The number of halogens is 2. The molecule has 1 aliphatic rings. The van der Waals surface area contributed by atoms with Gasteiger partial charge in [0.15, 0.2) is 0 Å². The van der Waals surface area contributed by atoms with Crippen molar-refractivity contribution in [2.75, 3.05) is 12.0 Å². The number of hydrogen-bond acceptors (Lipinski definition) is 5. The summed E-state index contributed by atoms with van der Waals surface area (Å²) in [5, 5.41) is 14.4. The van der Waals surface area contributed by atoms with E-state index in [1.54, 1.807) is 25.3 Å². The van der Waals surface area contributed by atoms with Crippen molar-refractivity contribution in [2.24, 2.45) is 0 Å². The van der Waals surface area contributed by atoms with Gasteiger partial charge in [0.2, 0.25) is 0 Å². The van der Waals surface area contributed by atoms with E-state index in [1.165, 1.54) is 17.0 Å². The maximum absolute atomic E-state index is 13.5. The highest BCUT2D eigenvalue weighted by atomic mass is 35.5. The van der Waals surface area contributed by atoms with Gasteiger partial charge in [0.05, 0.1) is 27.8 Å². The smallest absolute Gasteiger partial charge is 0.276 e. The van der Waals surface area contributed by atoms with Crippen molar-refractivity contribution in [3.05, 3.63) is 104 Å². The third-order valence-electron chi connectivity index (χ3n) is 5.00. The van der Waals surface area contributed by atoms with Gasteiger partial charge in [-0.3, -0.25) is 19.8 Å². The lowest BCUT2D eigenvalue weighted by Crippen LogP contribution is -2.30. The van der Waals surface area contributed by atoms with Gasteiger partial charge in [-0.1, -0.05) is 65.7 Å². The fraction of sp³-hybridized carbons (Fsp3) is 0.0870. The highest BCUT2D eigenvalue weighted by Crippen LogP contribution is 2.43. The van der Waals surface area contributed by atoms with Crippen LogP contribution in [-0.2, 0) is 4.79 Å². The summed E-state index contributed by atoms with van der Waals surface area (Å²) in [5.74, 6) is 0.332. The lowest BCUT2D eigenvalue weighted by Gasteiger charge is -2.25. The fourth-order valence-corrected chi connectivity index (χ4v) is 4.13. The Labute approximate surface area is 194 Å². The molecule has 7 nitrogen and oxygen atoms in total. The molecule has 1 amide bonds. The maximum atomic E-state index is 13.5. The largest absolute Gasteiger partial charge is 0.497 e. The lowest BCUT2D eigenvalue weighted by atomic mass is 10.1. The summed E-state index contributed by atoms with van der Waals surface area (Å²) in [7, 11) is 1.58. The van der Waals surface area contributed by atoms with E-state index in [9.17, 15) is 14.9 Å². The molecule has 3 aromatic rings. The van der Waals surface area contributed by atoms with Crippen LogP contribution in [0.4, 0.5) is 11.4 Å². The summed E-state index contributed by atoms with van der Waals surface area (Å²) >= 11 is 12.7. The van der Waals surface area contributed by atoms with Crippen LogP contribution in [0, 0.1) is 10.1 Å². The van der Waals surface area contributed by atoms with E-state index < -0.39 is 11.1 Å². The molecule has 1 fully saturated rings. The van der Waals surface area contributed by atoms with Gasteiger partial charge in [-0.25, -0.2) is 0 Å². The quantitative estimate of drug-likeness (QED) is 0.299. The summed E-state index contributed by atoms with van der Waals surface area (Å²) in [4.78, 5) is 25.5. The topological polar surface area (TPSA) is 84.7 Å². The number of anilines is 1. The Morgan fingerprint density at radius 3 is 2.25 bits per heavy atom. The van der Waals surface area contributed by atoms with Crippen LogP contribution in [0.3, 0.4) is 0 Å². The molecule has 3 aromatic carbocycles. The lowest BCUT2D eigenvalue weighted by molar-refractivity contribution is -0.384. The molecule has 162 valence electrons. The summed E-state index contributed by atoms with van der Waals surface area (Å²) in [6, 6.07) is 18.9. The molecular weight excluding hydrogens is 453 g/mol. The molecule has 0 saturated carbocycles. The van der Waals surface area contributed by atoms with Crippen LogP contribution >= 0.6 is 23.2 Å². The van der Waals surface area contributed by atoms with Crippen LogP contribution in [0.25, 0.3) is 6.08 Å². The Balaban J connectivity index is 1.81. The Hall–Kier alpha value is -3.55. The zero-order valence-corrected chi connectivity index (χ0v) is 18.3. The Morgan fingerprint density at radius 2 is 1.69 bits per heavy atom. The summed E-state index contributed by atoms with van der Waals surface area (Å²) < 4.78 is 5.17. The number of ether oxygens (including phenoxy) is 1. The maximum Gasteiger partial charge on any atom is 0.276 e. The normalized spacial score (nSPS) is 16.8. The number of carbonyl (C=O) groups is 1. The molecule has 32 heavy (non-hydrogen) atoms. The molecule has 1 heterocycles. The average Bonchev–Trinajstić information content (AvgIpc) is 3.10. The number of carbonyl (C=O) groups excluding carboxylic acids is 1. The van der Waals surface area contributed by atoms with Gasteiger partial charge in [-0.2, -0.15) is 0 Å². The molecule has 1 atom stereocenters. The van der Waals surface area contributed by atoms with Crippen molar-refractivity contribution in [1.29, 1.82) is 0 Å². The Kier molecular flexibility index (Phi) is 6.03. The predicted octanol–water partition coefficient (Wildman–Crippen LogP) is 5.59. The molecule has 0 spiro atoms. The number of methoxy groups -OCH3 is 1. The molecule has 0 radical (unpaired) electrons. The van der Waals surface area contributed by atoms with Gasteiger partial charge < -0.3 is 10.1 Å². The van der Waals surface area contributed by atoms with Gasteiger partial charge in [0.1, 0.15) is 17.6 Å². The van der Waals surface area contributed by atoms with E-state index in [0.717, 1.165) is 11.1 Å². The minimum atomic E-state index is -0.607. The number of nitrogens with one attached hydrogen (secondary N) is 1. The summed E-state index contributed by atoms with van der Waals surface area (Å²) in [6.45, 7) is 0. The van der Waals surface area contributed by atoms with Gasteiger partial charge in [-0.05, 0) is 29.3 Å². The number of amides is 1. The zero-order chi connectivity index (χ0) is 22.8. The Bertz CT molecular complexity index is 1190. The first-order valence-corrected chi connectivity index (χ1v) is 10.3. The highest BCUT2D eigenvalue weighted by molar-refractivity contribution is 6.40. The van der Waals surface area contributed by atoms with E-state index in [0.29, 0.717) is 11.4 Å². The van der Waals surface area contributed by atoms with Crippen LogP contribution in [0.15, 0.2) is 72.4 Å².